The summed E-state index contributed by atoms with van der Waals surface area (Å²) in [5.74, 6) is 0.427. The Bertz CT molecular complexity index is 849. The van der Waals surface area contributed by atoms with Crippen LogP contribution < -0.4 is 5.32 Å². The normalized spacial score (nSPS) is 24.2. The Kier molecular flexibility index (Phi) is 3.74. The number of benzene rings is 2. The van der Waals surface area contributed by atoms with Crippen LogP contribution in [0.3, 0.4) is 0 Å². The lowest BCUT2D eigenvalue weighted by atomic mass is 9.77. The molecule has 0 saturated carbocycles. The summed E-state index contributed by atoms with van der Waals surface area (Å²) >= 11 is 12.1. The van der Waals surface area contributed by atoms with E-state index in [1.807, 2.05) is 30.3 Å². The van der Waals surface area contributed by atoms with E-state index in [-0.39, 0.29) is 22.6 Å². The fraction of sp³-hybridized carbons (Fsp3) is 0.222. The fourth-order valence-corrected chi connectivity index (χ4v) is 4.14. The van der Waals surface area contributed by atoms with Gasteiger partial charge in [0.25, 0.3) is 5.69 Å². The van der Waals surface area contributed by atoms with Crippen LogP contribution in [0.2, 0.25) is 10.0 Å². The first-order valence-corrected chi connectivity index (χ1v) is 8.46. The minimum atomic E-state index is -0.379. The summed E-state index contributed by atoms with van der Waals surface area (Å²) in [6, 6.07) is 10.9. The molecule has 1 heterocycles. The van der Waals surface area contributed by atoms with Gasteiger partial charge in [0.05, 0.1) is 11.0 Å². The van der Waals surface area contributed by atoms with Gasteiger partial charge in [0, 0.05) is 22.0 Å². The van der Waals surface area contributed by atoms with E-state index in [2.05, 4.69) is 17.5 Å². The molecule has 3 atom stereocenters. The van der Waals surface area contributed by atoms with Gasteiger partial charge in [-0.1, -0.05) is 47.5 Å². The molecule has 0 fully saturated rings. The van der Waals surface area contributed by atoms with E-state index in [0.29, 0.717) is 21.7 Å². The van der Waals surface area contributed by atoms with Crippen molar-refractivity contribution in [1.29, 1.82) is 0 Å². The lowest BCUT2D eigenvalue weighted by Crippen LogP contribution is -2.29. The Hall–Kier alpha value is -2.04. The first-order valence-electron chi connectivity index (χ1n) is 7.71. The summed E-state index contributed by atoms with van der Waals surface area (Å²) in [4.78, 5) is 11.1. The van der Waals surface area contributed by atoms with Gasteiger partial charge < -0.3 is 5.32 Å². The Morgan fingerprint density at radius 1 is 1.12 bits per heavy atom. The largest absolute Gasteiger partial charge is 0.372 e. The minimum absolute atomic E-state index is 0.00496. The second-order valence-electron chi connectivity index (χ2n) is 6.17. The third-order valence-electron chi connectivity index (χ3n) is 4.84. The second kappa shape index (κ2) is 5.80. The topological polar surface area (TPSA) is 55.2 Å². The molecule has 0 saturated heterocycles. The van der Waals surface area contributed by atoms with Crippen LogP contribution in [0.4, 0.5) is 11.4 Å². The van der Waals surface area contributed by atoms with Gasteiger partial charge in [-0.2, -0.15) is 0 Å². The van der Waals surface area contributed by atoms with Crippen LogP contribution >= 0.6 is 23.2 Å². The number of nitrogens with one attached hydrogen (secondary N) is 1. The quantitative estimate of drug-likeness (QED) is 0.422. The van der Waals surface area contributed by atoms with Crippen molar-refractivity contribution in [3.8, 4) is 0 Å². The number of hydrogen-bond acceptors (Lipinski definition) is 3. The van der Waals surface area contributed by atoms with Crippen molar-refractivity contribution in [2.75, 3.05) is 5.32 Å². The maximum absolute atomic E-state index is 11.5. The van der Waals surface area contributed by atoms with Crippen molar-refractivity contribution in [1.82, 2.24) is 0 Å². The van der Waals surface area contributed by atoms with Gasteiger partial charge >= 0.3 is 0 Å². The summed E-state index contributed by atoms with van der Waals surface area (Å²) in [5, 5.41) is 15.9. The lowest BCUT2D eigenvalue weighted by molar-refractivity contribution is -0.384. The molecular formula is C18H14Cl2N2O2. The summed E-state index contributed by atoms with van der Waals surface area (Å²) in [6.07, 6.45) is 5.19. The monoisotopic (exact) mass is 360 g/mol. The van der Waals surface area contributed by atoms with Crippen molar-refractivity contribution < 1.29 is 4.92 Å². The van der Waals surface area contributed by atoms with Crippen LogP contribution in [0.5, 0.6) is 0 Å². The Balaban J connectivity index is 1.86. The van der Waals surface area contributed by atoms with E-state index >= 15 is 0 Å². The van der Waals surface area contributed by atoms with Gasteiger partial charge in [0.2, 0.25) is 0 Å². The molecule has 4 rings (SSSR count). The number of nitro groups is 1. The Morgan fingerprint density at radius 2 is 1.88 bits per heavy atom. The first-order chi connectivity index (χ1) is 11.5. The molecule has 122 valence electrons. The van der Waals surface area contributed by atoms with E-state index in [1.54, 1.807) is 0 Å². The number of halogens is 2. The lowest BCUT2D eigenvalue weighted by Gasteiger charge is -2.37. The molecule has 2 aromatic carbocycles. The molecule has 0 radical (unpaired) electrons. The average Bonchev–Trinajstić information content (AvgIpc) is 3.04. The highest BCUT2D eigenvalue weighted by molar-refractivity contribution is 6.31. The summed E-state index contributed by atoms with van der Waals surface area (Å²) in [6.45, 7) is 0. The summed E-state index contributed by atoms with van der Waals surface area (Å²) in [7, 11) is 0. The van der Waals surface area contributed by atoms with Gasteiger partial charge in [-0.15, -0.1) is 0 Å². The zero-order chi connectivity index (χ0) is 16.8. The molecule has 4 nitrogen and oxygen atoms in total. The molecule has 6 heteroatoms. The van der Waals surface area contributed by atoms with Gasteiger partial charge in [0.1, 0.15) is 5.69 Å². The van der Waals surface area contributed by atoms with Gasteiger partial charge in [-0.3, -0.25) is 10.1 Å². The average molecular weight is 361 g/mol. The van der Waals surface area contributed by atoms with Crippen LogP contribution in [-0.4, -0.2) is 4.92 Å². The van der Waals surface area contributed by atoms with Crippen molar-refractivity contribution in [3.63, 3.8) is 0 Å². The maximum Gasteiger partial charge on any atom is 0.294 e. The Morgan fingerprint density at radius 3 is 2.58 bits per heavy atom. The predicted molar refractivity (Wildman–Crippen MR) is 95.9 cm³/mol. The minimum Gasteiger partial charge on any atom is -0.372 e. The van der Waals surface area contributed by atoms with Gasteiger partial charge in [-0.25, -0.2) is 0 Å². The summed E-state index contributed by atoms with van der Waals surface area (Å²) < 4.78 is 0. The molecule has 0 spiro atoms. The van der Waals surface area contributed by atoms with E-state index < -0.39 is 0 Å². The molecule has 3 unspecified atom stereocenters. The van der Waals surface area contributed by atoms with E-state index in [0.717, 1.165) is 17.5 Å². The highest BCUT2D eigenvalue weighted by Crippen LogP contribution is 2.52. The SMILES string of the molecule is O=[N+]([O-])c1cc(Cl)cc2c1NC(c1ccc(Cl)cc1)C1CC=CC21. The number of nitro benzene ring substituents is 1. The zero-order valence-corrected chi connectivity index (χ0v) is 14.1. The van der Waals surface area contributed by atoms with E-state index in [1.165, 1.54) is 6.07 Å². The molecule has 1 aliphatic carbocycles. The maximum atomic E-state index is 11.5. The fourth-order valence-electron chi connectivity index (χ4n) is 3.79. The molecule has 0 aromatic heterocycles. The third-order valence-corrected chi connectivity index (χ3v) is 5.31. The highest BCUT2D eigenvalue weighted by Gasteiger charge is 2.40. The predicted octanol–water partition coefficient (Wildman–Crippen LogP) is 5.73. The molecule has 2 aromatic rings. The van der Waals surface area contributed by atoms with Crippen LogP contribution in [0.15, 0.2) is 48.6 Å². The van der Waals surface area contributed by atoms with Gasteiger partial charge in [0.15, 0.2) is 0 Å². The molecule has 2 aliphatic rings. The summed E-state index contributed by atoms with van der Waals surface area (Å²) in [5.41, 5.74) is 2.57. The number of hydrogen-bond donors (Lipinski definition) is 1. The van der Waals surface area contributed by atoms with E-state index in [9.17, 15) is 10.1 Å². The number of fused-ring (bicyclic) bond motifs is 3. The standard InChI is InChI=1S/C18H14Cl2N2O2/c19-11-6-4-10(5-7-11)17-14-3-1-2-13(14)15-8-12(20)9-16(22(23)24)18(15)21-17/h1-2,4-9,13-14,17,21H,3H2. The molecule has 1 aliphatic heterocycles. The van der Waals surface area contributed by atoms with Crippen LogP contribution in [0.25, 0.3) is 0 Å². The number of rotatable bonds is 2. The molecular weight excluding hydrogens is 347 g/mol. The van der Waals surface area contributed by atoms with Gasteiger partial charge in [-0.05, 0) is 41.7 Å². The molecule has 0 bridgehead atoms. The molecule has 1 N–H and O–H groups in total. The van der Waals surface area contributed by atoms with E-state index in [4.69, 9.17) is 23.2 Å². The Labute approximate surface area is 149 Å². The number of nitrogens with zero attached hydrogens (tertiary/aromatic N) is 1. The first kappa shape index (κ1) is 15.5. The smallest absolute Gasteiger partial charge is 0.294 e. The van der Waals surface area contributed by atoms with Crippen LogP contribution in [-0.2, 0) is 0 Å². The van der Waals surface area contributed by atoms with Crippen LogP contribution in [0.1, 0.15) is 29.5 Å². The highest BCUT2D eigenvalue weighted by atomic mass is 35.5. The molecule has 0 amide bonds. The van der Waals surface area contributed by atoms with Crippen molar-refractivity contribution in [2.45, 2.75) is 18.4 Å². The number of allylic oxidation sites excluding steroid dienone is 2. The van der Waals surface area contributed by atoms with Crippen molar-refractivity contribution in [3.05, 3.63) is 79.8 Å². The number of anilines is 1. The van der Waals surface area contributed by atoms with Crippen molar-refractivity contribution in [2.24, 2.45) is 5.92 Å². The van der Waals surface area contributed by atoms with Crippen LogP contribution in [0, 0.1) is 16.0 Å². The third kappa shape index (κ3) is 2.46. The zero-order valence-electron chi connectivity index (χ0n) is 12.6. The second-order valence-corrected chi connectivity index (χ2v) is 7.05. The molecule has 24 heavy (non-hydrogen) atoms. The van der Waals surface area contributed by atoms with Crippen molar-refractivity contribution >= 4 is 34.6 Å².